The van der Waals surface area contributed by atoms with Gasteiger partial charge in [-0.3, -0.25) is 4.79 Å². The predicted octanol–water partition coefficient (Wildman–Crippen LogP) is 3.55. The quantitative estimate of drug-likeness (QED) is 0.744. The summed E-state index contributed by atoms with van der Waals surface area (Å²) in [7, 11) is 0. The standard InChI is InChI=1S/C12H15ClO2/c1-7(14)9-5-8(12(2,3)4)6-10(13)11(9)15/h5-6,15H,1-4H3. The Morgan fingerprint density at radius 3 is 2.27 bits per heavy atom. The zero-order valence-electron chi connectivity index (χ0n) is 9.39. The van der Waals surface area contributed by atoms with Gasteiger partial charge in [-0.25, -0.2) is 0 Å². The molecule has 0 radical (unpaired) electrons. The summed E-state index contributed by atoms with van der Waals surface area (Å²) in [5, 5.41) is 9.83. The third kappa shape index (κ3) is 2.51. The van der Waals surface area contributed by atoms with Gasteiger partial charge in [0.05, 0.1) is 10.6 Å². The Balaban J connectivity index is 3.43. The normalized spacial score (nSPS) is 11.5. The molecular formula is C12H15ClO2. The van der Waals surface area contributed by atoms with Crippen molar-refractivity contribution in [1.29, 1.82) is 0 Å². The van der Waals surface area contributed by atoms with Crippen LogP contribution >= 0.6 is 11.6 Å². The molecule has 0 heterocycles. The van der Waals surface area contributed by atoms with Crippen LogP contribution in [0.3, 0.4) is 0 Å². The molecule has 0 unspecified atom stereocenters. The highest BCUT2D eigenvalue weighted by molar-refractivity contribution is 6.32. The average molecular weight is 227 g/mol. The lowest BCUT2D eigenvalue weighted by molar-refractivity contribution is 0.101. The number of benzene rings is 1. The first-order valence-electron chi connectivity index (χ1n) is 4.77. The van der Waals surface area contributed by atoms with E-state index in [4.69, 9.17) is 11.6 Å². The van der Waals surface area contributed by atoms with E-state index >= 15 is 0 Å². The Morgan fingerprint density at radius 1 is 1.33 bits per heavy atom. The van der Waals surface area contributed by atoms with Crippen molar-refractivity contribution in [3.63, 3.8) is 0 Å². The summed E-state index contributed by atoms with van der Waals surface area (Å²) in [5.74, 6) is -0.308. The molecule has 1 aromatic rings. The number of Topliss-reactive ketones (excluding diaryl/α,β-unsaturated/α-hetero) is 1. The van der Waals surface area contributed by atoms with Crippen molar-refractivity contribution in [2.45, 2.75) is 33.1 Å². The summed E-state index contributed by atoms with van der Waals surface area (Å²) in [6, 6.07) is 3.40. The van der Waals surface area contributed by atoms with E-state index in [1.165, 1.54) is 6.92 Å². The predicted molar refractivity (Wildman–Crippen MR) is 61.8 cm³/mol. The highest BCUT2D eigenvalue weighted by Gasteiger charge is 2.19. The van der Waals surface area contributed by atoms with Crippen LogP contribution in [-0.2, 0) is 5.41 Å². The fourth-order valence-electron chi connectivity index (χ4n) is 1.30. The molecule has 0 saturated heterocycles. The van der Waals surface area contributed by atoms with Crippen molar-refractivity contribution in [3.05, 3.63) is 28.3 Å². The van der Waals surface area contributed by atoms with Crippen LogP contribution < -0.4 is 0 Å². The molecule has 15 heavy (non-hydrogen) atoms. The summed E-state index contributed by atoms with van der Waals surface area (Å²) in [5.41, 5.74) is 1.13. The van der Waals surface area contributed by atoms with Crippen molar-refractivity contribution in [2.24, 2.45) is 0 Å². The summed E-state index contributed by atoms with van der Waals surface area (Å²) >= 11 is 5.87. The molecule has 1 aromatic carbocycles. The Bertz CT molecular complexity index is 403. The third-order valence-electron chi connectivity index (χ3n) is 2.31. The van der Waals surface area contributed by atoms with Crippen LogP contribution in [0.15, 0.2) is 12.1 Å². The second-order valence-corrected chi connectivity index (χ2v) is 5.07. The molecule has 0 aliphatic heterocycles. The lowest BCUT2D eigenvalue weighted by atomic mass is 9.85. The maximum atomic E-state index is 11.3. The zero-order valence-corrected chi connectivity index (χ0v) is 10.1. The van der Waals surface area contributed by atoms with Gasteiger partial charge in [0.15, 0.2) is 5.78 Å². The summed E-state index contributed by atoms with van der Waals surface area (Å²) in [4.78, 5) is 11.3. The largest absolute Gasteiger partial charge is 0.506 e. The maximum Gasteiger partial charge on any atom is 0.163 e. The van der Waals surface area contributed by atoms with Crippen LogP contribution in [0.4, 0.5) is 0 Å². The number of carbonyl (C=O) groups is 1. The van der Waals surface area contributed by atoms with Gasteiger partial charge >= 0.3 is 0 Å². The first-order chi connectivity index (χ1) is 6.73. The van der Waals surface area contributed by atoms with Crippen LogP contribution in [0, 0.1) is 0 Å². The molecule has 1 rings (SSSR count). The van der Waals surface area contributed by atoms with Crippen LogP contribution in [0.5, 0.6) is 5.75 Å². The van der Waals surface area contributed by atoms with Crippen molar-refractivity contribution in [3.8, 4) is 5.75 Å². The number of ketones is 1. The monoisotopic (exact) mass is 226 g/mol. The smallest absolute Gasteiger partial charge is 0.163 e. The fraction of sp³-hybridized carbons (Fsp3) is 0.417. The lowest BCUT2D eigenvalue weighted by Gasteiger charge is -2.20. The van der Waals surface area contributed by atoms with E-state index in [2.05, 4.69) is 0 Å². The number of aromatic hydroxyl groups is 1. The highest BCUT2D eigenvalue weighted by Crippen LogP contribution is 2.34. The van der Waals surface area contributed by atoms with Gasteiger partial charge in [0.1, 0.15) is 5.75 Å². The van der Waals surface area contributed by atoms with Gasteiger partial charge in [0.25, 0.3) is 0 Å². The van der Waals surface area contributed by atoms with Crippen molar-refractivity contribution < 1.29 is 9.90 Å². The maximum absolute atomic E-state index is 11.3. The third-order valence-corrected chi connectivity index (χ3v) is 2.60. The number of phenols is 1. The Morgan fingerprint density at radius 2 is 1.87 bits per heavy atom. The molecule has 0 fully saturated rings. The molecule has 0 spiro atoms. The van der Waals surface area contributed by atoms with Crippen molar-refractivity contribution >= 4 is 17.4 Å². The molecule has 82 valence electrons. The second-order valence-electron chi connectivity index (χ2n) is 4.66. The second kappa shape index (κ2) is 3.86. The van der Waals surface area contributed by atoms with Gasteiger partial charge < -0.3 is 5.11 Å². The van der Waals surface area contributed by atoms with Crippen LogP contribution in [0.1, 0.15) is 43.6 Å². The van der Waals surface area contributed by atoms with Crippen LogP contribution in [0.25, 0.3) is 0 Å². The molecule has 0 bridgehead atoms. The number of hydrogen-bond donors (Lipinski definition) is 1. The van der Waals surface area contributed by atoms with Crippen molar-refractivity contribution in [1.82, 2.24) is 0 Å². The minimum absolute atomic E-state index is 0.0957. The molecule has 3 heteroatoms. The number of rotatable bonds is 1. The Labute approximate surface area is 94.9 Å². The van der Waals surface area contributed by atoms with Gasteiger partial charge in [0, 0.05) is 0 Å². The van der Waals surface area contributed by atoms with E-state index < -0.39 is 0 Å². The number of hydrogen-bond acceptors (Lipinski definition) is 2. The minimum Gasteiger partial charge on any atom is -0.506 e. The van der Waals surface area contributed by atoms with E-state index in [1.807, 2.05) is 20.8 Å². The van der Waals surface area contributed by atoms with Gasteiger partial charge in [-0.05, 0) is 30.0 Å². The molecule has 0 aromatic heterocycles. The number of phenolic OH excluding ortho intramolecular Hbond substituents is 1. The summed E-state index contributed by atoms with van der Waals surface area (Å²) < 4.78 is 0. The van der Waals surface area contributed by atoms with Gasteiger partial charge in [-0.1, -0.05) is 32.4 Å². The highest BCUT2D eigenvalue weighted by atomic mass is 35.5. The van der Waals surface area contributed by atoms with E-state index in [-0.39, 0.29) is 27.5 Å². The van der Waals surface area contributed by atoms with Crippen LogP contribution in [0.2, 0.25) is 5.02 Å². The number of carbonyl (C=O) groups excluding carboxylic acids is 1. The molecule has 0 aliphatic rings. The lowest BCUT2D eigenvalue weighted by Crippen LogP contribution is -2.12. The average Bonchev–Trinajstić information content (AvgIpc) is 2.06. The first-order valence-corrected chi connectivity index (χ1v) is 5.15. The van der Waals surface area contributed by atoms with Gasteiger partial charge in [-0.15, -0.1) is 0 Å². The van der Waals surface area contributed by atoms with E-state index in [0.717, 1.165) is 5.56 Å². The summed E-state index contributed by atoms with van der Waals surface area (Å²) in [6.45, 7) is 7.50. The van der Waals surface area contributed by atoms with Crippen LogP contribution in [-0.4, -0.2) is 10.9 Å². The Hall–Kier alpha value is -1.02. The van der Waals surface area contributed by atoms with E-state index in [1.54, 1.807) is 12.1 Å². The van der Waals surface area contributed by atoms with Crippen molar-refractivity contribution in [2.75, 3.05) is 0 Å². The molecule has 1 N–H and O–H groups in total. The van der Waals surface area contributed by atoms with Gasteiger partial charge in [0.2, 0.25) is 0 Å². The van der Waals surface area contributed by atoms with E-state index in [0.29, 0.717) is 0 Å². The topological polar surface area (TPSA) is 37.3 Å². The molecule has 0 aliphatic carbocycles. The summed E-state index contributed by atoms with van der Waals surface area (Å²) in [6.07, 6.45) is 0. The van der Waals surface area contributed by atoms with E-state index in [9.17, 15) is 9.90 Å². The van der Waals surface area contributed by atoms with Gasteiger partial charge in [-0.2, -0.15) is 0 Å². The SMILES string of the molecule is CC(=O)c1cc(C(C)(C)C)cc(Cl)c1O. The molecule has 2 nitrogen and oxygen atoms in total. The molecular weight excluding hydrogens is 212 g/mol. The zero-order chi connectivity index (χ0) is 11.8. The number of halogens is 1. The molecule has 0 amide bonds. The fourth-order valence-corrected chi connectivity index (χ4v) is 1.52. The molecule has 0 saturated carbocycles. The molecule has 0 atom stereocenters. The Kier molecular flexibility index (Phi) is 3.10. The first kappa shape index (κ1) is 12.1. The minimum atomic E-state index is -0.180.